The monoisotopic (exact) mass is 653 g/mol. The van der Waals surface area contributed by atoms with Gasteiger partial charge in [-0.25, -0.2) is 0 Å². The number of amides is 1. The molecule has 0 bridgehead atoms. The van der Waals surface area contributed by atoms with Gasteiger partial charge in [0.1, 0.15) is 0 Å². The van der Waals surface area contributed by atoms with Crippen molar-refractivity contribution in [2.45, 2.75) is 75.9 Å². The molecule has 246 valence electrons. The summed E-state index contributed by atoms with van der Waals surface area (Å²) in [6, 6.07) is 25.7. The van der Waals surface area contributed by atoms with E-state index in [4.69, 9.17) is 4.74 Å². The number of nitrogens with one attached hydrogen (secondary N) is 2. The van der Waals surface area contributed by atoms with Gasteiger partial charge in [-0.15, -0.1) is 5.10 Å². The molecule has 3 N–H and O–H groups in total. The number of anilines is 1. The van der Waals surface area contributed by atoms with Crippen molar-refractivity contribution in [3.63, 3.8) is 0 Å². The van der Waals surface area contributed by atoms with Crippen LogP contribution in [0.4, 0.5) is 9.80 Å². The topological polar surface area (TPSA) is 105 Å². The summed E-state index contributed by atoms with van der Waals surface area (Å²) in [6.07, 6.45) is 5.98. The van der Waals surface area contributed by atoms with Crippen LogP contribution >= 0.6 is 0 Å². The molecule has 0 aliphatic carbocycles. The van der Waals surface area contributed by atoms with Gasteiger partial charge in [0.15, 0.2) is 0 Å². The number of rotatable bonds is 13. The van der Waals surface area contributed by atoms with Crippen LogP contribution in [0, 0.1) is 5.92 Å². The van der Waals surface area contributed by atoms with Gasteiger partial charge in [-0.3, -0.25) is 9.48 Å². The molecule has 5 aromatic rings. The number of carbonyl (C=O) groups is 1. The number of H-pyrrole nitrogens is 1. The van der Waals surface area contributed by atoms with Gasteiger partial charge in [-0.2, -0.15) is 0 Å². The van der Waals surface area contributed by atoms with E-state index in [2.05, 4.69) is 33.6 Å². The number of aromatic amines is 1. The maximum Gasteiger partial charge on any atom is 0.246 e. The average Bonchev–Trinajstić information content (AvgIpc) is 3.77. The first kappa shape index (κ1) is 32.8. The zero-order valence-electron chi connectivity index (χ0n) is 27.3. The summed E-state index contributed by atoms with van der Waals surface area (Å²) in [4.78, 5) is 16.1. The van der Waals surface area contributed by atoms with Crippen LogP contribution in [0.2, 0.25) is 18.6 Å². The Morgan fingerprint density at radius 2 is 1.85 bits per heavy atom. The molecule has 3 heterocycles. The van der Waals surface area contributed by atoms with Gasteiger partial charge in [0, 0.05) is 41.1 Å². The predicted octanol–water partition coefficient (Wildman–Crippen LogP) is 7.04. The van der Waals surface area contributed by atoms with Crippen LogP contribution in [-0.4, -0.2) is 58.2 Å². The van der Waals surface area contributed by atoms with Gasteiger partial charge in [-0.1, -0.05) is 72.8 Å². The van der Waals surface area contributed by atoms with Crippen LogP contribution in [-0.2, 0) is 28.9 Å². The van der Waals surface area contributed by atoms with E-state index in [0.29, 0.717) is 18.7 Å². The molecule has 8 nitrogen and oxygen atoms in total. The van der Waals surface area contributed by atoms with Gasteiger partial charge < -0.3 is 24.3 Å². The fourth-order valence-electron chi connectivity index (χ4n) is 7.32. The second-order valence-electron chi connectivity index (χ2n) is 13.3. The first-order chi connectivity index (χ1) is 22.7. The maximum atomic E-state index is 15.8. The number of para-hydroxylation sites is 1. The molecular formula is C37H44FN5O3Si. The normalized spacial score (nSPS) is 20.4. The van der Waals surface area contributed by atoms with Crippen molar-refractivity contribution in [3.8, 4) is 0 Å². The molecule has 3 aromatic carbocycles. The molecule has 1 saturated heterocycles. The van der Waals surface area contributed by atoms with E-state index in [1.54, 1.807) is 17.8 Å². The molecule has 1 aliphatic rings. The summed E-state index contributed by atoms with van der Waals surface area (Å²) in [6.45, 7) is 6.20. The molecule has 0 saturated carbocycles. The number of fused-ring (bicyclic) bond motifs is 1. The van der Waals surface area contributed by atoms with Gasteiger partial charge >= 0.3 is 0 Å². The van der Waals surface area contributed by atoms with E-state index in [1.807, 2.05) is 85.2 Å². The summed E-state index contributed by atoms with van der Waals surface area (Å²) < 4.78 is 24.1. The largest absolute Gasteiger partial charge is 0.395 e. The number of halogens is 1. The molecule has 10 heteroatoms. The molecule has 5 atom stereocenters. The van der Waals surface area contributed by atoms with Crippen molar-refractivity contribution in [3.05, 3.63) is 114 Å². The molecule has 1 aliphatic heterocycles. The zero-order valence-corrected chi connectivity index (χ0v) is 28.3. The van der Waals surface area contributed by atoms with Crippen LogP contribution < -0.4 is 5.32 Å². The highest BCUT2D eigenvalue weighted by Gasteiger charge is 2.50. The number of aliphatic hydroxyl groups is 1. The Labute approximate surface area is 276 Å². The van der Waals surface area contributed by atoms with E-state index >= 15 is 4.11 Å². The number of ether oxygens (including phenoxy) is 1. The number of nitrogens with zero attached hydrogens (tertiary/aromatic N) is 3. The number of aromatic nitrogens is 4. The molecule has 6 rings (SSSR count). The minimum Gasteiger partial charge on any atom is -0.395 e. The highest BCUT2D eigenvalue weighted by atomic mass is 28.4. The Hall–Kier alpha value is -4.12. The fourth-order valence-corrected chi connectivity index (χ4v) is 9.91. The van der Waals surface area contributed by atoms with Crippen molar-refractivity contribution in [2.24, 2.45) is 5.92 Å². The predicted molar refractivity (Wildman–Crippen MR) is 186 cm³/mol. The third kappa shape index (κ3) is 7.72. The number of aliphatic hydroxyl groups excluding tert-OH is 1. The Balaban J connectivity index is 1.05. The summed E-state index contributed by atoms with van der Waals surface area (Å²) in [5.74, 6) is -0.214. The van der Waals surface area contributed by atoms with Crippen LogP contribution in [0.3, 0.4) is 0 Å². The zero-order chi connectivity index (χ0) is 33.0. The Bertz CT molecular complexity index is 1790. The van der Waals surface area contributed by atoms with E-state index in [9.17, 15) is 9.90 Å². The minimum atomic E-state index is -3.03. The lowest BCUT2D eigenvalue weighted by Crippen LogP contribution is -2.36. The highest BCUT2D eigenvalue weighted by molar-refractivity contribution is 6.72. The van der Waals surface area contributed by atoms with Crippen molar-refractivity contribution in [1.29, 1.82) is 0 Å². The number of benzene rings is 3. The number of aryl methyl sites for hydroxylation is 2. The maximum absolute atomic E-state index is 15.8. The van der Waals surface area contributed by atoms with Crippen LogP contribution in [0.5, 0.6) is 0 Å². The lowest BCUT2D eigenvalue weighted by molar-refractivity contribution is -0.115. The molecule has 1 fully saturated rings. The van der Waals surface area contributed by atoms with Crippen LogP contribution in [0.25, 0.3) is 10.9 Å². The summed E-state index contributed by atoms with van der Waals surface area (Å²) in [5, 5.41) is 22.8. The van der Waals surface area contributed by atoms with Crippen LogP contribution in [0.1, 0.15) is 48.1 Å². The van der Waals surface area contributed by atoms with Gasteiger partial charge in [0.25, 0.3) is 0 Å². The van der Waals surface area contributed by atoms with Crippen molar-refractivity contribution in [1.82, 2.24) is 20.0 Å². The Morgan fingerprint density at radius 3 is 2.64 bits per heavy atom. The first-order valence-electron chi connectivity index (χ1n) is 16.5. The van der Waals surface area contributed by atoms with Gasteiger partial charge in [0.05, 0.1) is 36.8 Å². The summed E-state index contributed by atoms with van der Waals surface area (Å²) in [7, 11) is -3.03. The smallest absolute Gasteiger partial charge is 0.246 e. The van der Waals surface area contributed by atoms with E-state index in [-0.39, 0.29) is 48.5 Å². The molecule has 2 aromatic heterocycles. The summed E-state index contributed by atoms with van der Waals surface area (Å²) >= 11 is 0. The standard InChI is InChI=1S/C37H44FN5O3Si/c1-25-34(17-16-26-10-9-13-29(20-26)40-36(45)21-28-22-39-32-15-8-7-14-30(28)32)46-35(37(25)47(2,3)38)18-19-43-23-33(41-42-43)31(24-44)27-11-5-4-6-12-27/h4-15,20,22-23,25,31,34-35,37,39,44H,16-19,21,24H2,1-3H3,(H,40,45)/t25-,31?,34+,35-,37+/m1/s1. The number of carbonyl (C=O) groups excluding carboxylic acids is 1. The molecular weight excluding hydrogens is 610 g/mol. The second-order valence-corrected chi connectivity index (χ2v) is 17.1. The fraction of sp³-hybridized carbons (Fsp3) is 0.378. The van der Waals surface area contributed by atoms with Gasteiger partial charge in [-0.05, 0) is 73.2 Å². The quantitative estimate of drug-likeness (QED) is 0.0935. The third-order valence-electron chi connectivity index (χ3n) is 9.59. The van der Waals surface area contributed by atoms with Crippen molar-refractivity contribution >= 4 is 30.9 Å². The van der Waals surface area contributed by atoms with Crippen molar-refractivity contribution in [2.75, 3.05) is 11.9 Å². The lowest BCUT2D eigenvalue weighted by atomic mass is 9.95. The Kier molecular flexibility index (Phi) is 10.0. The van der Waals surface area contributed by atoms with Crippen LogP contribution in [0.15, 0.2) is 91.3 Å². The van der Waals surface area contributed by atoms with E-state index < -0.39 is 8.41 Å². The molecule has 1 amide bonds. The number of hydrogen-bond donors (Lipinski definition) is 3. The second kappa shape index (κ2) is 14.3. The average molecular weight is 654 g/mol. The summed E-state index contributed by atoms with van der Waals surface area (Å²) in [5.41, 5.74) is 5.44. The molecule has 0 radical (unpaired) electrons. The Morgan fingerprint density at radius 1 is 1.06 bits per heavy atom. The lowest BCUT2D eigenvalue weighted by Gasteiger charge is -2.28. The van der Waals surface area contributed by atoms with E-state index in [1.165, 1.54) is 0 Å². The SMILES string of the molecule is C[C@H]1[C@H]([Si](C)(C)F)[C@@H](CCn2cc(C(CO)c3ccccc3)nn2)O[C@H]1CCc1cccc(NC(=O)Cc2c[nH]c3ccccc23)c1. The van der Waals surface area contributed by atoms with Gasteiger partial charge in [0.2, 0.25) is 14.3 Å². The van der Waals surface area contributed by atoms with Crippen molar-refractivity contribution < 1.29 is 18.7 Å². The minimum absolute atomic E-state index is 0.0579. The number of hydrogen-bond acceptors (Lipinski definition) is 5. The molecule has 0 spiro atoms. The highest BCUT2D eigenvalue weighted by Crippen LogP contribution is 2.47. The third-order valence-corrected chi connectivity index (χ3v) is 12.1. The first-order valence-corrected chi connectivity index (χ1v) is 19.5. The van der Waals surface area contributed by atoms with E-state index in [0.717, 1.165) is 46.1 Å². The molecule has 1 unspecified atom stereocenters. The molecule has 47 heavy (non-hydrogen) atoms.